The van der Waals surface area contributed by atoms with Crippen LogP contribution >= 0.6 is 0 Å². The Bertz CT molecular complexity index is 998. The van der Waals surface area contributed by atoms with Crippen molar-refractivity contribution in [2.24, 2.45) is 11.5 Å². The lowest BCUT2D eigenvalue weighted by Gasteiger charge is -2.32. The van der Waals surface area contributed by atoms with Crippen molar-refractivity contribution in [3.63, 3.8) is 0 Å². The van der Waals surface area contributed by atoms with Gasteiger partial charge in [-0.15, -0.1) is 13.2 Å². The lowest BCUT2D eigenvalue weighted by atomic mass is 9.92. The number of carbonyl (C=O) groups is 3. The summed E-state index contributed by atoms with van der Waals surface area (Å²) in [4.78, 5) is 34.7. The molecule has 0 radical (unpaired) electrons. The summed E-state index contributed by atoms with van der Waals surface area (Å²) >= 11 is 0. The zero-order chi connectivity index (χ0) is 26.3. The highest BCUT2D eigenvalue weighted by molar-refractivity contribution is 5.98. The van der Waals surface area contributed by atoms with Gasteiger partial charge in [0, 0.05) is 22.3 Å². The molecule has 34 heavy (non-hydrogen) atoms. The first-order valence-corrected chi connectivity index (χ1v) is 9.76. The van der Waals surface area contributed by atoms with Crippen molar-refractivity contribution in [1.82, 2.24) is 10.8 Å². The third-order valence-electron chi connectivity index (χ3n) is 4.29. The summed E-state index contributed by atoms with van der Waals surface area (Å²) in [6.07, 6.45) is -2.41. The van der Waals surface area contributed by atoms with Crippen LogP contribution in [0.25, 0.3) is 0 Å². The number of aldehydes is 1. The monoisotopic (exact) mass is 474 g/mol. The number of carbonyl (C=O) groups excluding carboxylic acids is 3. The molecule has 2 aromatic carbocycles. The maximum absolute atomic E-state index is 13.2. The molecule has 182 valence electrons. The lowest BCUT2D eigenvalue weighted by Crippen LogP contribution is -2.66. The minimum Gasteiger partial charge on any atom is -0.338 e. The molecule has 8 nitrogen and oxygen atoms in total. The van der Waals surface area contributed by atoms with E-state index in [0.29, 0.717) is 16.7 Å². The first-order chi connectivity index (χ1) is 16.2. The summed E-state index contributed by atoms with van der Waals surface area (Å²) in [7, 11) is 1.50. The standard InChI is InChI=1S/C21H19F2N3O4.C2H4.CH5N/c1-21(24,20(22)23)17(19(29)26-30)25-18(28)16-10-8-14(9-11-16)3-2-13-4-6-15(12-27)7-5-13;2*1-2/h4-12,17,20,30H,24H2,1H3,(H,25,28)(H,26,29);1-2H2;2H2,1H3. The van der Waals surface area contributed by atoms with Gasteiger partial charge in [0.15, 0.2) is 0 Å². The number of hydrogen-bond donors (Lipinski definition) is 5. The highest BCUT2D eigenvalue weighted by atomic mass is 19.3. The fraction of sp³-hybridized carbons (Fsp3) is 0.208. The molecule has 0 saturated carbocycles. The molecular formula is C24H28F2N4O4. The molecule has 0 aliphatic rings. The fourth-order valence-electron chi connectivity index (χ4n) is 2.40. The first kappa shape index (κ1) is 30.1. The van der Waals surface area contributed by atoms with E-state index in [1.54, 1.807) is 24.3 Å². The third kappa shape index (κ3) is 8.55. The molecule has 0 aliphatic carbocycles. The number of nitrogens with one attached hydrogen (secondary N) is 2. The number of amides is 2. The Balaban J connectivity index is 0.00000258. The van der Waals surface area contributed by atoms with Crippen LogP contribution in [0.1, 0.15) is 38.8 Å². The number of nitrogens with two attached hydrogens (primary N) is 2. The molecule has 2 unspecified atom stereocenters. The van der Waals surface area contributed by atoms with Crippen LogP contribution in [0.3, 0.4) is 0 Å². The van der Waals surface area contributed by atoms with Gasteiger partial charge in [-0.2, -0.15) is 0 Å². The fourth-order valence-corrected chi connectivity index (χ4v) is 2.40. The Morgan fingerprint density at radius 1 is 1.03 bits per heavy atom. The van der Waals surface area contributed by atoms with Gasteiger partial charge in [0.25, 0.3) is 18.2 Å². The van der Waals surface area contributed by atoms with E-state index in [9.17, 15) is 23.2 Å². The molecule has 10 heteroatoms. The Kier molecular flexibility index (Phi) is 13.3. The van der Waals surface area contributed by atoms with Gasteiger partial charge in [-0.1, -0.05) is 24.0 Å². The van der Waals surface area contributed by atoms with Crippen LogP contribution in [0.2, 0.25) is 0 Å². The normalized spacial score (nSPS) is 12.1. The summed E-state index contributed by atoms with van der Waals surface area (Å²) in [6, 6.07) is 10.7. The van der Waals surface area contributed by atoms with Gasteiger partial charge in [0.2, 0.25) is 0 Å². The second-order valence-corrected chi connectivity index (χ2v) is 6.62. The molecule has 0 heterocycles. The molecule has 2 rings (SSSR count). The van der Waals surface area contributed by atoms with Crippen molar-refractivity contribution in [3.8, 4) is 11.8 Å². The van der Waals surface area contributed by atoms with Crippen LogP contribution in [-0.2, 0) is 4.79 Å². The third-order valence-corrected chi connectivity index (χ3v) is 4.29. The summed E-state index contributed by atoms with van der Waals surface area (Å²) < 4.78 is 26.3. The van der Waals surface area contributed by atoms with Gasteiger partial charge in [-0.3, -0.25) is 19.6 Å². The number of hydrogen-bond acceptors (Lipinski definition) is 6. The zero-order valence-corrected chi connectivity index (χ0v) is 18.8. The van der Waals surface area contributed by atoms with Crippen molar-refractivity contribution >= 4 is 18.1 Å². The molecule has 0 saturated heterocycles. The van der Waals surface area contributed by atoms with E-state index in [0.717, 1.165) is 13.2 Å². The van der Waals surface area contributed by atoms with Gasteiger partial charge in [-0.05, 0) is 50.4 Å². The summed E-state index contributed by atoms with van der Waals surface area (Å²) in [5.41, 5.74) is 10.7. The van der Waals surface area contributed by atoms with Crippen LogP contribution in [0.4, 0.5) is 8.78 Å². The van der Waals surface area contributed by atoms with Crippen LogP contribution in [0.15, 0.2) is 61.7 Å². The van der Waals surface area contributed by atoms with E-state index < -0.39 is 29.8 Å². The predicted octanol–water partition coefficient (Wildman–Crippen LogP) is 1.86. The maximum atomic E-state index is 13.2. The summed E-state index contributed by atoms with van der Waals surface area (Å²) in [6.45, 7) is 6.89. The predicted molar refractivity (Wildman–Crippen MR) is 125 cm³/mol. The van der Waals surface area contributed by atoms with Gasteiger partial charge in [0.05, 0.1) is 0 Å². The van der Waals surface area contributed by atoms with Gasteiger partial charge >= 0.3 is 0 Å². The first-order valence-electron chi connectivity index (χ1n) is 9.76. The highest BCUT2D eigenvalue weighted by Crippen LogP contribution is 2.18. The Morgan fingerprint density at radius 2 is 1.47 bits per heavy atom. The number of alkyl halides is 2. The topological polar surface area (TPSA) is 148 Å². The molecule has 0 bridgehead atoms. The Labute approximate surface area is 197 Å². The van der Waals surface area contributed by atoms with Crippen molar-refractivity contribution in [2.75, 3.05) is 7.05 Å². The van der Waals surface area contributed by atoms with E-state index >= 15 is 0 Å². The molecule has 2 atom stereocenters. The highest BCUT2D eigenvalue weighted by Gasteiger charge is 2.44. The van der Waals surface area contributed by atoms with Gasteiger partial charge in [-0.25, -0.2) is 14.3 Å². The minimum absolute atomic E-state index is 0.0803. The molecule has 0 spiro atoms. The maximum Gasteiger partial charge on any atom is 0.268 e. The molecule has 0 fully saturated rings. The minimum atomic E-state index is -3.14. The van der Waals surface area contributed by atoms with E-state index in [4.69, 9.17) is 10.9 Å². The number of rotatable bonds is 6. The van der Waals surface area contributed by atoms with Crippen LogP contribution in [0.5, 0.6) is 0 Å². The van der Waals surface area contributed by atoms with Crippen molar-refractivity contribution < 1.29 is 28.4 Å². The smallest absolute Gasteiger partial charge is 0.268 e. The molecule has 2 amide bonds. The Morgan fingerprint density at radius 3 is 1.85 bits per heavy atom. The SMILES string of the molecule is C=C.CC(N)(C(F)F)C(NC(=O)c1ccc(C#Cc2ccc(C=O)cc2)cc1)C(=O)NO.CN. The number of halogens is 2. The molecule has 0 aliphatic heterocycles. The van der Waals surface area contributed by atoms with E-state index in [-0.39, 0.29) is 5.56 Å². The second-order valence-electron chi connectivity index (χ2n) is 6.62. The molecule has 2 aromatic rings. The average molecular weight is 475 g/mol. The molecular weight excluding hydrogens is 446 g/mol. The zero-order valence-electron chi connectivity index (χ0n) is 18.8. The second kappa shape index (κ2) is 15.0. The van der Waals surface area contributed by atoms with Crippen LogP contribution in [0, 0.1) is 11.8 Å². The average Bonchev–Trinajstić information content (AvgIpc) is 2.88. The number of hydroxylamine groups is 1. The van der Waals surface area contributed by atoms with Crippen LogP contribution < -0.4 is 22.3 Å². The van der Waals surface area contributed by atoms with Crippen LogP contribution in [-0.4, -0.2) is 48.4 Å². The van der Waals surface area contributed by atoms with E-state index in [1.807, 2.05) is 0 Å². The number of benzene rings is 2. The van der Waals surface area contributed by atoms with Gasteiger partial charge < -0.3 is 16.8 Å². The van der Waals surface area contributed by atoms with Gasteiger partial charge in [0.1, 0.15) is 17.9 Å². The lowest BCUT2D eigenvalue weighted by molar-refractivity contribution is -0.134. The molecule has 0 aromatic heterocycles. The summed E-state index contributed by atoms with van der Waals surface area (Å²) in [5, 5.41) is 10.9. The van der Waals surface area contributed by atoms with Crippen molar-refractivity contribution in [2.45, 2.75) is 24.9 Å². The largest absolute Gasteiger partial charge is 0.338 e. The van der Waals surface area contributed by atoms with E-state index in [2.05, 4.69) is 36.0 Å². The van der Waals surface area contributed by atoms with Crippen molar-refractivity contribution in [1.29, 1.82) is 0 Å². The van der Waals surface area contributed by atoms with Crippen molar-refractivity contribution in [3.05, 3.63) is 83.9 Å². The van der Waals surface area contributed by atoms with E-state index in [1.165, 1.54) is 36.8 Å². The molecule has 7 N–H and O–H groups in total. The Hall–Kier alpha value is -3.91. The quantitative estimate of drug-likeness (QED) is 0.142. The summed E-state index contributed by atoms with van der Waals surface area (Å²) in [5.74, 6) is 3.69.